The van der Waals surface area contributed by atoms with Crippen LogP contribution in [0.5, 0.6) is 0 Å². The zero-order chi connectivity index (χ0) is 13.1. The normalized spacial score (nSPS) is 12.1. The highest BCUT2D eigenvalue weighted by molar-refractivity contribution is 5.24. The number of hydrogen-bond donors (Lipinski definition) is 1. The molecule has 0 aliphatic rings. The average molecular weight is 249 g/mol. The smallest absolute Gasteiger partial charge is 0.308 e. The first kappa shape index (κ1) is 14.0. The molecular formula is C11H18F3N3. The molecule has 1 aromatic heterocycles. The molecule has 6 heteroatoms. The molecular weight excluding hydrogens is 231 g/mol. The molecule has 1 heterocycles. The Hall–Kier alpha value is -1.04. The number of rotatable bonds is 5. The van der Waals surface area contributed by atoms with E-state index in [9.17, 15) is 13.2 Å². The summed E-state index contributed by atoms with van der Waals surface area (Å²) >= 11 is 0. The lowest BCUT2D eigenvalue weighted by Gasteiger charge is -2.08. The molecule has 0 amide bonds. The highest BCUT2D eigenvalue weighted by Gasteiger charge is 2.26. The van der Waals surface area contributed by atoms with Crippen LogP contribution in [0.2, 0.25) is 0 Å². The molecule has 1 rings (SSSR count). The molecule has 0 saturated heterocycles. The quantitative estimate of drug-likeness (QED) is 0.811. The van der Waals surface area contributed by atoms with Crippen molar-refractivity contribution in [3.8, 4) is 0 Å². The summed E-state index contributed by atoms with van der Waals surface area (Å²) in [6, 6.07) is 0. The summed E-state index contributed by atoms with van der Waals surface area (Å²) in [6.07, 6.45) is -3.56. The maximum atomic E-state index is 11.9. The van der Waals surface area contributed by atoms with Crippen LogP contribution in [0.25, 0.3) is 0 Å². The first-order valence-corrected chi connectivity index (χ1v) is 5.65. The van der Waals surface area contributed by atoms with Gasteiger partial charge in [0.1, 0.15) is 0 Å². The van der Waals surface area contributed by atoms with Gasteiger partial charge in [-0.1, -0.05) is 0 Å². The summed E-state index contributed by atoms with van der Waals surface area (Å²) in [4.78, 5) is 0. The molecule has 1 aromatic rings. The van der Waals surface area contributed by atoms with Gasteiger partial charge in [0.15, 0.2) is 0 Å². The number of hydrogen-bond acceptors (Lipinski definition) is 2. The summed E-state index contributed by atoms with van der Waals surface area (Å²) in [5.41, 5.74) is 2.98. The van der Waals surface area contributed by atoms with E-state index in [0.717, 1.165) is 23.5 Å². The molecule has 0 unspecified atom stereocenters. The highest BCUT2D eigenvalue weighted by Crippen LogP contribution is 2.14. The predicted molar refractivity (Wildman–Crippen MR) is 60.0 cm³/mol. The van der Waals surface area contributed by atoms with Crippen molar-refractivity contribution in [2.75, 3.05) is 13.1 Å². The van der Waals surface area contributed by atoms with Crippen LogP contribution in [0.4, 0.5) is 13.2 Å². The van der Waals surface area contributed by atoms with Gasteiger partial charge in [-0.05, 0) is 39.3 Å². The van der Waals surface area contributed by atoms with Crippen molar-refractivity contribution in [2.24, 2.45) is 0 Å². The van der Waals surface area contributed by atoms with E-state index < -0.39 is 12.7 Å². The van der Waals surface area contributed by atoms with Crippen molar-refractivity contribution >= 4 is 0 Å². The van der Waals surface area contributed by atoms with Crippen LogP contribution in [-0.2, 0) is 13.0 Å². The van der Waals surface area contributed by atoms with Crippen LogP contribution in [0.1, 0.15) is 23.9 Å². The van der Waals surface area contributed by atoms with Gasteiger partial charge in [-0.15, -0.1) is 0 Å². The lowest BCUT2D eigenvalue weighted by Crippen LogP contribution is -2.30. The van der Waals surface area contributed by atoms with E-state index in [1.807, 2.05) is 25.5 Å². The Kier molecular flexibility index (Phi) is 4.56. The van der Waals surface area contributed by atoms with Gasteiger partial charge in [0.25, 0.3) is 0 Å². The molecule has 98 valence electrons. The van der Waals surface area contributed by atoms with Crippen molar-refractivity contribution in [2.45, 2.75) is 39.9 Å². The molecule has 0 spiro atoms. The minimum atomic E-state index is -4.14. The lowest BCUT2D eigenvalue weighted by molar-refractivity contribution is -0.124. The van der Waals surface area contributed by atoms with Gasteiger partial charge >= 0.3 is 6.18 Å². The van der Waals surface area contributed by atoms with Crippen molar-refractivity contribution in [3.63, 3.8) is 0 Å². The van der Waals surface area contributed by atoms with Gasteiger partial charge < -0.3 is 5.32 Å². The van der Waals surface area contributed by atoms with Gasteiger partial charge in [0.2, 0.25) is 0 Å². The van der Waals surface area contributed by atoms with Gasteiger partial charge in [-0.2, -0.15) is 18.3 Å². The van der Waals surface area contributed by atoms with E-state index >= 15 is 0 Å². The van der Waals surface area contributed by atoms with Crippen LogP contribution in [-0.4, -0.2) is 29.0 Å². The van der Waals surface area contributed by atoms with Crippen LogP contribution in [0.3, 0.4) is 0 Å². The third-order valence-corrected chi connectivity index (χ3v) is 2.71. The Morgan fingerprint density at radius 1 is 1.29 bits per heavy atom. The second-order valence-electron chi connectivity index (χ2n) is 4.01. The SMILES string of the molecule is CCn1nc(C)c(CCNCC(F)(F)F)c1C. The van der Waals surface area contributed by atoms with Gasteiger partial charge in [-0.25, -0.2) is 0 Å². The van der Waals surface area contributed by atoms with Crippen molar-refractivity contribution in [1.29, 1.82) is 0 Å². The van der Waals surface area contributed by atoms with Crippen LogP contribution in [0, 0.1) is 13.8 Å². The molecule has 3 nitrogen and oxygen atoms in total. The zero-order valence-corrected chi connectivity index (χ0v) is 10.4. The Bertz CT molecular complexity index is 369. The van der Waals surface area contributed by atoms with Crippen LogP contribution >= 0.6 is 0 Å². The fraction of sp³-hybridized carbons (Fsp3) is 0.727. The minimum Gasteiger partial charge on any atom is -0.308 e. The second kappa shape index (κ2) is 5.53. The Morgan fingerprint density at radius 2 is 1.94 bits per heavy atom. The van der Waals surface area contributed by atoms with E-state index in [1.54, 1.807) is 0 Å². The van der Waals surface area contributed by atoms with Crippen LogP contribution in [0.15, 0.2) is 0 Å². The number of aryl methyl sites for hydroxylation is 2. The standard InChI is InChI=1S/C11H18F3N3/c1-4-17-9(3)10(8(2)16-17)5-6-15-7-11(12,13)14/h15H,4-7H2,1-3H3. The average Bonchev–Trinajstić information content (AvgIpc) is 2.48. The number of nitrogens with zero attached hydrogens (tertiary/aromatic N) is 2. The Labute approximate surface area is 99.0 Å². The number of nitrogens with one attached hydrogen (secondary N) is 1. The number of alkyl halides is 3. The topological polar surface area (TPSA) is 29.9 Å². The monoisotopic (exact) mass is 249 g/mol. The van der Waals surface area contributed by atoms with Crippen LogP contribution < -0.4 is 5.32 Å². The molecule has 0 fully saturated rings. The molecule has 0 aliphatic heterocycles. The molecule has 17 heavy (non-hydrogen) atoms. The lowest BCUT2D eigenvalue weighted by atomic mass is 10.1. The second-order valence-corrected chi connectivity index (χ2v) is 4.01. The van der Waals surface area contributed by atoms with Crippen molar-refractivity contribution in [1.82, 2.24) is 15.1 Å². The molecule has 1 N–H and O–H groups in total. The van der Waals surface area contributed by atoms with Crippen molar-refractivity contribution < 1.29 is 13.2 Å². The molecule has 0 aliphatic carbocycles. The molecule has 0 bridgehead atoms. The van der Waals surface area contributed by atoms with Gasteiger partial charge in [-0.3, -0.25) is 4.68 Å². The third-order valence-electron chi connectivity index (χ3n) is 2.71. The molecule has 0 saturated carbocycles. The van der Waals surface area contributed by atoms with E-state index in [2.05, 4.69) is 10.4 Å². The summed E-state index contributed by atoms with van der Waals surface area (Å²) in [7, 11) is 0. The van der Waals surface area contributed by atoms with E-state index in [-0.39, 0.29) is 0 Å². The van der Waals surface area contributed by atoms with Gasteiger partial charge in [0, 0.05) is 12.2 Å². The Balaban J connectivity index is 2.50. The third kappa shape index (κ3) is 4.03. The summed E-state index contributed by atoms with van der Waals surface area (Å²) < 4.78 is 37.6. The number of halogens is 3. The molecule has 0 radical (unpaired) electrons. The first-order chi connectivity index (χ1) is 7.85. The van der Waals surface area contributed by atoms with E-state index in [4.69, 9.17) is 0 Å². The van der Waals surface area contributed by atoms with Gasteiger partial charge in [0.05, 0.1) is 12.2 Å². The zero-order valence-electron chi connectivity index (χ0n) is 10.4. The maximum absolute atomic E-state index is 11.9. The van der Waals surface area contributed by atoms with E-state index in [1.165, 1.54) is 0 Å². The fourth-order valence-corrected chi connectivity index (χ4v) is 1.85. The minimum absolute atomic E-state index is 0.316. The molecule has 0 atom stereocenters. The Morgan fingerprint density at radius 3 is 2.41 bits per heavy atom. The highest BCUT2D eigenvalue weighted by atomic mass is 19.4. The molecule has 0 aromatic carbocycles. The first-order valence-electron chi connectivity index (χ1n) is 5.65. The predicted octanol–water partition coefficient (Wildman–Crippen LogP) is 2.21. The summed E-state index contributed by atoms with van der Waals surface area (Å²) in [5, 5.41) is 6.72. The summed E-state index contributed by atoms with van der Waals surface area (Å²) in [5.74, 6) is 0. The fourth-order valence-electron chi connectivity index (χ4n) is 1.85. The maximum Gasteiger partial charge on any atom is 0.401 e. The van der Waals surface area contributed by atoms with Crippen molar-refractivity contribution in [3.05, 3.63) is 17.0 Å². The largest absolute Gasteiger partial charge is 0.401 e. The van der Waals surface area contributed by atoms with E-state index in [0.29, 0.717) is 13.0 Å². The summed E-state index contributed by atoms with van der Waals surface area (Å²) in [6.45, 7) is 5.98. The number of aromatic nitrogens is 2.